The molecule has 2 saturated heterocycles. The number of piperidine rings is 2. The third kappa shape index (κ3) is 5.53. The molecule has 0 bridgehead atoms. The van der Waals surface area contributed by atoms with Crippen LogP contribution in [0.5, 0.6) is 0 Å². The zero-order valence-electron chi connectivity index (χ0n) is 16.1. The fourth-order valence-electron chi connectivity index (χ4n) is 3.83. The topological polar surface area (TPSA) is 40.6 Å². The molecule has 158 valence electrons. The molecule has 0 atom stereocenters. The van der Waals surface area contributed by atoms with Crippen LogP contribution in [-0.4, -0.2) is 47.8 Å². The molecule has 0 spiro atoms. The summed E-state index contributed by atoms with van der Waals surface area (Å²) >= 11 is 5.96. The maximum atomic E-state index is 12.9. The predicted octanol–water partition coefficient (Wildman–Crippen LogP) is 4.62. The van der Waals surface area contributed by atoms with Gasteiger partial charge in [0.2, 0.25) is 11.8 Å². The molecule has 2 amide bonds. The van der Waals surface area contributed by atoms with E-state index in [0.29, 0.717) is 25.9 Å². The number of benzene rings is 1. The van der Waals surface area contributed by atoms with Crippen LogP contribution >= 0.6 is 11.6 Å². The number of hydrogen-bond donors (Lipinski definition) is 0. The number of alkyl halides is 3. The summed E-state index contributed by atoms with van der Waals surface area (Å²) in [5.74, 6) is -0.163. The van der Waals surface area contributed by atoms with E-state index in [4.69, 9.17) is 11.6 Å². The lowest BCUT2D eigenvalue weighted by atomic mass is 9.94. The van der Waals surface area contributed by atoms with Crippen molar-refractivity contribution in [2.45, 2.75) is 38.3 Å². The smallest absolute Gasteiger partial charge is 0.342 e. The van der Waals surface area contributed by atoms with Gasteiger partial charge < -0.3 is 9.80 Å². The van der Waals surface area contributed by atoms with Crippen LogP contribution in [0.3, 0.4) is 0 Å². The zero-order chi connectivity index (χ0) is 21.0. The Labute approximate surface area is 173 Å². The van der Waals surface area contributed by atoms with Gasteiger partial charge in [0, 0.05) is 43.2 Å². The maximum Gasteiger partial charge on any atom is 0.416 e. The number of nitrogens with zero attached hydrogens (tertiary/aromatic N) is 2. The molecule has 0 unspecified atom stereocenters. The van der Waals surface area contributed by atoms with Crippen molar-refractivity contribution in [3.05, 3.63) is 40.4 Å². The van der Waals surface area contributed by atoms with Crippen LogP contribution in [0.2, 0.25) is 5.02 Å². The van der Waals surface area contributed by atoms with E-state index in [-0.39, 0.29) is 28.3 Å². The Morgan fingerprint density at radius 1 is 1.00 bits per heavy atom. The molecule has 0 N–H and O–H groups in total. The molecule has 2 aliphatic heterocycles. The number of rotatable bonds is 3. The van der Waals surface area contributed by atoms with E-state index in [1.54, 1.807) is 4.90 Å². The number of amides is 2. The van der Waals surface area contributed by atoms with Crippen molar-refractivity contribution in [1.29, 1.82) is 0 Å². The van der Waals surface area contributed by atoms with Crippen molar-refractivity contribution in [2.75, 3.05) is 26.2 Å². The molecule has 1 aromatic carbocycles. The molecule has 0 radical (unpaired) electrons. The Hall–Kier alpha value is -2.02. The number of likely N-dealkylation sites (tertiary alicyclic amines) is 2. The third-order valence-corrected chi connectivity index (χ3v) is 5.90. The average molecular weight is 429 g/mol. The van der Waals surface area contributed by atoms with Gasteiger partial charge in [-0.1, -0.05) is 11.6 Å². The second-order valence-electron chi connectivity index (χ2n) is 7.55. The lowest BCUT2D eigenvalue weighted by Crippen LogP contribution is -2.45. The second kappa shape index (κ2) is 9.20. The van der Waals surface area contributed by atoms with E-state index in [1.165, 1.54) is 24.6 Å². The summed E-state index contributed by atoms with van der Waals surface area (Å²) in [6, 6.07) is 3.01. The van der Waals surface area contributed by atoms with E-state index in [2.05, 4.69) is 0 Å². The normalized spacial score (nSPS) is 19.0. The van der Waals surface area contributed by atoms with Gasteiger partial charge in [0.15, 0.2) is 0 Å². The fourth-order valence-corrected chi connectivity index (χ4v) is 4.01. The predicted molar refractivity (Wildman–Crippen MR) is 105 cm³/mol. The van der Waals surface area contributed by atoms with Gasteiger partial charge in [-0.25, -0.2) is 0 Å². The zero-order valence-corrected chi connectivity index (χ0v) is 16.8. The van der Waals surface area contributed by atoms with Crippen molar-refractivity contribution >= 4 is 29.5 Å². The Kier molecular flexibility index (Phi) is 6.88. The van der Waals surface area contributed by atoms with Crippen molar-refractivity contribution in [2.24, 2.45) is 5.92 Å². The highest BCUT2D eigenvalue weighted by atomic mass is 35.5. The lowest BCUT2D eigenvalue weighted by Gasteiger charge is -2.35. The summed E-state index contributed by atoms with van der Waals surface area (Å²) in [6.45, 7) is 2.56. The number of carbonyl (C=O) groups is 2. The second-order valence-corrected chi connectivity index (χ2v) is 7.96. The van der Waals surface area contributed by atoms with Crippen LogP contribution < -0.4 is 0 Å². The first-order valence-electron chi connectivity index (χ1n) is 9.88. The van der Waals surface area contributed by atoms with E-state index < -0.39 is 11.7 Å². The summed E-state index contributed by atoms with van der Waals surface area (Å²) < 4.78 is 38.6. The Morgan fingerprint density at radius 3 is 2.28 bits per heavy atom. The van der Waals surface area contributed by atoms with Gasteiger partial charge in [0.25, 0.3) is 0 Å². The fraction of sp³-hybridized carbons (Fsp3) is 0.524. The van der Waals surface area contributed by atoms with E-state index in [1.807, 2.05) is 4.90 Å². The van der Waals surface area contributed by atoms with Crippen molar-refractivity contribution in [3.8, 4) is 0 Å². The summed E-state index contributed by atoms with van der Waals surface area (Å²) in [4.78, 5) is 28.6. The SMILES string of the molecule is O=C(C=Cc1cc(C(F)(F)F)ccc1Cl)N1CCC(C(=O)N2CCCCC2)CC1. The number of hydrogen-bond acceptors (Lipinski definition) is 2. The maximum absolute atomic E-state index is 12.9. The lowest BCUT2D eigenvalue weighted by molar-refractivity contribution is -0.140. The van der Waals surface area contributed by atoms with Gasteiger partial charge in [-0.05, 0) is 61.9 Å². The van der Waals surface area contributed by atoms with Crippen LogP contribution in [-0.2, 0) is 15.8 Å². The molecular formula is C21H24ClF3N2O2. The van der Waals surface area contributed by atoms with Gasteiger partial charge in [0.1, 0.15) is 0 Å². The molecule has 3 rings (SSSR count). The largest absolute Gasteiger partial charge is 0.416 e. The van der Waals surface area contributed by atoms with Gasteiger partial charge in [-0.15, -0.1) is 0 Å². The van der Waals surface area contributed by atoms with Gasteiger partial charge in [0.05, 0.1) is 5.56 Å². The summed E-state index contributed by atoms with van der Waals surface area (Å²) in [5, 5.41) is 0.146. The highest BCUT2D eigenvalue weighted by molar-refractivity contribution is 6.32. The molecule has 29 heavy (non-hydrogen) atoms. The van der Waals surface area contributed by atoms with Gasteiger partial charge in [-0.2, -0.15) is 13.2 Å². The molecule has 2 fully saturated rings. The minimum Gasteiger partial charge on any atom is -0.342 e. The molecule has 2 heterocycles. The first kappa shape index (κ1) is 21.7. The molecule has 8 heteroatoms. The van der Waals surface area contributed by atoms with Crippen LogP contribution in [0, 0.1) is 5.92 Å². The summed E-state index contributed by atoms with van der Waals surface area (Å²) in [6.07, 6.45) is 2.56. The van der Waals surface area contributed by atoms with E-state index in [0.717, 1.165) is 38.1 Å². The quantitative estimate of drug-likeness (QED) is 0.659. The monoisotopic (exact) mass is 428 g/mol. The molecule has 0 saturated carbocycles. The van der Waals surface area contributed by atoms with Crippen LogP contribution in [0.25, 0.3) is 6.08 Å². The third-order valence-electron chi connectivity index (χ3n) is 5.55. The standard InChI is InChI=1S/C21H24ClF3N2O2/c22-18-6-5-17(21(23,24)25)14-16(18)4-7-19(28)26-12-8-15(9-13-26)20(29)27-10-2-1-3-11-27/h4-7,14-15H,1-3,8-13H2. The van der Waals surface area contributed by atoms with Gasteiger partial charge in [-0.3, -0.25) is 9.59 Å². The summed E-state index contributed by atoms with van der Waals surface area (Å²) in [5.41, 5.74) is -0.670. The number of carbonyl (C=O) groups excluding carboxylic acids is 2. The van der Waals surface area contributed by atoms with Gasteiger partial charge >= 0.3 is 6.18 Å². The Morgan fingerprint density at radius 2 is 1.66 bits per heavy atom. The molecule has 0 aliphatic carbocycles. The number of halogens is 4. The van der Waals surface area contributed by atoms with Crippen LogP contribution in [0.1, 0.15) is 43.2 Å². The molecule has 0 aromatic heterocycles. The summed E-state index contributed by atoms with van der Waals surface area (Å²) in [7, 11) is 0. The molecule has 2 aliphatic rings. The molecule has 4 nitrogen and oxygen atoms in total. The van der Waals surface area contributed by atoms with Crippen molar-refractivity contribution in [3.63, 3.8) is 0 Å². The molecular weight excluding hydrogens is 405 g/mol. The highest BCUT2D eigenvalue weighted by Gasteiger charge is 2.31. The molecule has 1 aromatic rings. The van der Waals surface area contributed by atoms with Crippen LogP contribution in [0.15, 0.2) is 24.3 Å². The first-order chi connectivity index (χ1) is 13.8. The van der Waals surface area contributed by atoms with Crippen molar-refractivity contribution in [1.82, 2.24) is 9.80 Å². The minimum atomic E-state index is -4.47. The highest BCUT2D eigenvalue weighted by Crippen LogP contribution is 2.32. The Balaban J connectivity index is 1.56. The Bertz CT molecular complexity index is 781. The van der Waals surface area contributed by atoms with Crippen molar-refractivity contribution < 1.29 is 22.8 Å². The van der Waals surface area contributed by atoms with Crippen LogP contribution in [0.4, 0.5) is 13.2 Å². The first-order valence-corrected chi connectivity index (χ1v) is 10.3. The van der Waals surface area contributed by atoms with E-state index in [9.17, 15) is 22.8 Å². The minimum absolute atomic E-state index is 0.0564. The average Bonchev–Trinajstić information content (AvgIpc) is 2.72. The van der Waals surface area contributed by atoms with E-state index >= 15 is 0 Å².